The average molecular weight is 670 g/mol. The second-order valence-electron chi connectivity index (χ2n) is 8.42. The van der Waals surface area contributed by atoms with Crippen LogP contribution in [0.25, 0.3) is 10.9 Å². The monoisotopic (exact) mass is 667 g/mol. The van der Waals surface area contributed by atoms with Gasteiger partial charge in [-0.2, -0.15) is 9.78 Å². The fraction of sp³-hybridized carbons (Fsp3) is 0.360. The summed E-state index contributed by atoms with van der Waals surface area (Å²) in [5.74, 6) is 0.887. The maximum absolute atomic E-state index is 13.5. The number of carbonyl (C=O) groups excluding carboxylic acids is 1. The van der Waals surface area contributed by atoms with E-state index >= 15 is 0 Å². The molecule has 1 atom stereocenters. The van der Waals surface area contributed by atoms with Crippen LogP contribution in [0.2, 0.25) is 0 Å². The molecule has 2 aromatic carbocycles. The van der Waals surface area contributed by atoms with Gasteiger partial charge in [-0.05, 0) is 87.5 Å². The molecule has 184 valence electrons. The standard InChI is InChI=1S/C25H24Br3N3O4/c1-14(25(33)34-2)35-22-19(27)10-15(11-20(22)28)13-29-31-23(16-6-4-3-5-7-16)30-21-9-8-17(26)12-18(21)24(31)32/h8-14,16H,3-7H2,1-2H3/t14-/m0/s1. The molecule has 3 aromatic rings. The summed E-state index contributed by atoms with van der Waals surface area (Å²) in [5, 5.41) is 5.10. The van der Waals surface area contributed by atoms with Gasteiger partial charge in [0.25, 0.3) is 5.56 Å². The third-order valence-electron chi connectivity index (χ3n) is 5.97. The van der Waals surface area contributed by atoms with Gasteiger partial charge >= 0.3 is 5.97 Å². The predicted molar refractivity (Wildman–Crippen MR) is 146 cm³/mol. The summed E-state index contributed by atoms with van der Waals surface area (Å²) < 4.78 is 14.0. The molecular weight excluding hydrogens is 646 g/mol. The van der Waals surface area contributed by atoms with Crippen molar-refractivity contribution in [3.63, 3.8) is 0 Å². The number of hydrogen-bond acceptors (Lipinski definition) is 6. The highest BCUT2D eigenvalue weighted by molar-refractivity contribution is 9.11. The minimum absolute atomic E-state index is 0.190. The number of nitrogens with zero attached hydrogens (tertiary/aromatic N) is 3. The van der Waals surface area contributed by atoms with Crippen LogP contribution in [0.1, 0.15) is 56.3 Å². The molecule has 0 radical (unpaired) electrons. The minimum Gasteiger partial charge on any atom is -0.477 e. The summed E-state index contributed by atoms with van der Waals surface area (Å²) in [6, 6.07) is 9.16. The Morgan fingerprint density at radius 2 is 1.83 bits per heavy atom. The first-order valence-electron chi connectivity index (χ1n) is 11.3. The molecular formula is C25H24Br3N3O4. The first kappa shape index (κ1) is 26.0. The molecule has 1 saturated carbocycles. The summed E-state index contributed by atoms with van der Waals surface area (Å²) in [7, 11) is 1.32. The van der Waals surface area contributed by atoms with Gasteiger partial charge in [-0.25, -0.2) is 9.78 Å². The Hall–Kier alpha value is -2.04. The molecule has 0 spiro atoms. The van der Waals surface area contributed by atoms with Gasteiger partial charge in [0.2, 0.25) is 0 Å². The summed E-state index contributed by atoms with van der Waals surface area (Å²) in [5.41, 5.74) is 1.22. The summed E-state index contributed by atoms with van der Waals surface area (Å²) >= 11 is 10.5. The van der Waals surface area contributed by atoms with Crippen molar-refractivity contribution in [2.24, 2.45) is 5.10 Å². The molecule has 1 aliphatic carbocycles. The highest BCUT2D eigenvalue weighted by Crippen LogP contribution is 2.36. The molecule has 0 saturated heterocycles. The number of carbonyl (C=O) groups is 1. The van der Waals surface area contributed by atoms with Gasteiger partial charge in [-0.3, -0.25) is 4.79 Å². The lowest BCUT2D eigenvalue weighted by molar-refractivity contribution is -0.147. The third kappa shape index (κ3) is 5.86. The van der Waals surface area contributed by atoms with E-state index < -0.39 is 12.1 Å². The maximum atomic E-state index is 13.5. The smallest absolute Gasteiger partial charge is 0.346 e. The number of rotatable bonds is 6. The molecule has 1 heterocycles. The maximum Gasteiger partial charge on any atom is 0.346 e. The Kier molecular flexibility index (Phi) is 8.44. The first-order chi connectivity index (χ1) is 16.8. The van der Waals surface area contributed by atoms with Crippen LogP contribution < -0.4 is 10.3 Å². The number of benzene rings is 2. The normalized spacial score (nSPS) is 15.5. The largest absolute Gasteiger partial charge is 0.477 e. The second kappa shape index (κ2) is 11.3. The molecule has 1 fully saturated rings. The predicted octanol–water partition coefficient (Wildman–Crippen LogP) is 6.55. The number of aromatic nitrogens is 2. The van der Waals surface area contributed by atoms with Crippen LogP contribution in [0.15, 0.2) is 53.6 Å². The number of fused-ring (bicyclic) bond motifs is 1. The molecule has 1 aliphatic rings. The minimum atomic E-state index is -0.772. The average Bonchev–Trinajstić information content (AvgIpc) is 2.85. The van der Waals surface area contributed by atoms with Crippen molar-refractivity contribution in [1.29, 1.82) is 0 Å². The molecule has 0 amide bonds. The molecule has 1 aromatic heterocycles. The topological polar surface area (TPSA) is 82.8 Å². The van der Waals surface area contributed by atoms with Crippen LogP contribution in [-0.2, 0) is 9.53 Å². The molecule has 10 heteroatoms. The van der Waals surface area contributed by atoms with Crippen LogP contribution in [0.3, 0.4) is 0 Å². The van der Waals surface area contributed by atoms with E-state index in [0.717, 1.165) is 35.7 Å². The Bertz CT molecular complexity index is 1330. The van der Waals surface area contributed by atoms with Gasteiger partial charge in [0, 0.05) is 10.4 Å². The highest BCUT2D eigenvalue weighted by atomic mass is 79.9. The lowest BCUT2D eigenvalue weighted by Gasteiger charge is -2.22. The van der Waals surface area contributed by atoms with Crippen LogP contribution in [0.4, 0.5) is 0 Å². The Labute approximate surface area is 228 Å². The van der Waals surface area contributed by atoms with E-state index in [9.17, 15) is 9.59 Å². The van der Waals surface area contributed by atoms with E-state index in [-0.39, 0.29) is 11.5 Å². The summed E-state index contributed by atoms with van der Waals surface area (Å²) in [6.07, 6.45) is 6.28. The highest BCUT2D eigenvalue weighted by Gasteiger charge is 2.23. The SMILES string of the molecule is COC(=O)[C@H](C)Oc1c(Br)cc(C=Nn2c(C3CCCCC3)nc3ccc(Br)cc3c2=O)cc1Br. The van der Waals surface area contributed by atoms with E-state index in [1.807, 2.05) is 24.3 Å². The molecule has 0 N–H and O–H groups in total. The fourth-order valence-corrected chi connectivity index (χ4v) is 5.95. The lowest BCUT2D eigenvalue weighted by Crippen LogP contribution is -2.25. The summed E-state index contributed by atoms with van der Waals surface area (Å²) in [6.45, 7) is 1.62. The van der Waals surface area contributed by atoms with Gasteiger partial charge in [0.15, 0.2) is 6.10 Å². The number of methoxy groups -OCH3 is 1. The van der Waals surface area contributed by atoms with Crippen LogP contribution >= 0.6 is 47.8 Å². The first-order valence-corrected chi connectivity index (χ1v) is 13.7. The number of ether oxygens (including phenoxy) is 2. The molecule has 0 unspecified atom stereocenters. The van der Waals surface area contributed by atoms with E-state index in [1.54, 1.807) is 19.2 Å². The van der Waals surface area contributed by atoms with Crippen LogP contribution in [-0.4, -0.2) is 35.1 Å². The van der Waals surface area contributed by atoms with Gasteiger partial charge in [0.1, 0.15) is 11.6 Å². The van der Waals surface area contributed by atoms with Crippen LogP contribution in [0.5, 0.6) is 5.75 Å². The number of halogens is 3. The number of esters is 1. The van der Waals surface area contributed by atoms with Gasteiger partial charge < -0.3 is 9.47 Å². The van der Waals surface area contributed by atoms with Crippen LogP contribution in [0, 0.1) is 0 Å². The van der Waals surface area contributed by atoms with Crippen molar-refractivity contribution in [3.05, 3.63) is 65.5 Å². The van der Waals surface area contributed by atoms with Gasteiger partial charge in [-0.1, -0.05) is 35.2 Å². The quantitative estimate of drug-likeness (QED) is 0.220. The summed E-state index contributed by atoms with van der Waals surface area (Å²) in [4.78, 5) is 30.1. The van der Waals surface area contributed by atoms with E-state index in [1.165, 1.54) is 18.2 Å². The number of hydrogen-bond donors (Lipinski definition) is 0. The Morgan fingerprint density at radius 1 is 1.14 bits per heavy atom. The van der Waals surface area contributed by atoms with Crippen molar-refractivity contribution >= 4 is 70.9 Å². The Balaban J connectivity index is 1.73. The zero-order chi connectivity index (χ0) is 25.1. The molecule has 0 aliphatic heterocycles. The van der Waals surface area contributed by atoms with Crippen molar-refractivity contribution in [1.82, 2.24) is 9.66 Å². The van der Waals surface area contributed by atoms with Crippen molar-refractivity contribution in [3.8, 4) is 5.75 Å². The lowest BCUT2D eigenvalue weighted by atomic mass is 9.88. The van der Waals surface area contributed by atoms with E-state index in [4.69, 9.17) is 14.5 Å². The fourth-order valence-electron chi connectivity index (χ4n) is 4.18. The van der Waals surface area contributed by atoms with Gasteiger partial charge in [0.05, 0.1) is 33.2 Å². The zero-order valence-electron chi connectivity index (χ0n) is 19.3. The van der Waals surface area contributed by atoms with Crippen molar-refractivity contribution < 1.29 is 14.3 Å². The molecule has 0 bridgehead atoms. The zero-order valence-corrected chi connectivity index (χ0v) is 24.0. The molecule has 4 rings (SSSR count). The van der Waals surface area contributed by atoms with Crippen molar-refractivity contribution in [2.45, 2.75) is 51.0 Å². The molecule has 35 heavy (non-hydrogen) atoms. The third-order valence-corrected chi connectivity index (χ3v) is 7.65. The Morgan fingerprint density at radius 3 is 2.49 bits per heavy atom. The van der Waals surface area contributed by atoms with Crippen molar-refractivity contribution in [2.75, 3.05) is 7.11 Å². The second-order valence-corrected chi connectivity index (χ2v) is 11.0. The molecule has 7 nitrogen and oxygen atoms in total. The van der Waals surface area contributed by atoms with E-state index in [0.29, 0.717) is 31.4 Å². The van der Waals surface area contributed by atoms with E-state index in [2.05, 4.69) is 52.9 Å². The van der Waals surface area contributed by atoms with Gasteiger partial charge in [-0.15, -0.1) is 0 Å².